The predicted octanol–water partition coefficient (Wildman–Crippen LogP) is 4.99. The lowest BCUT2D eigenvalue weighted by Gasteiger charge is -2.35. The third-order valence-electron chi connectivity index (χ3n) is 10.7. The zero-order valence-corrected chi connectivity index (χ0v) is 35.2. The van der Waals surface area contributed by atoms with E-state index in [4.69, 9.17) is 23.9 Å². The number of aryl methyl sites for hydroxylation is 1. The van der Waals surface area contributed by atoms with Gasteiger partial charge in [-0.3, -0.25) is 24.2 Å². The van der Waals surface area contributed by atoms with Crippen LogP contribution in [0.4, 0.5) is 0 Å². The van der Waals surface area contributed by atoms with Gasteiger partial charge in [-0.05, 0) is 95.0 Å². The van der Waals surface area contributed by atoms with Gasteiger partial charge in [-0.2, -0.15) is 11.8 Å². The first-order valence-corrected chi connectivity index (χ1v) is 21.2. The van der Waals surface area contributed by atoms with Crippen LogP contribution in [0, 0.1) is 0 Å². The number of ether oxygens (including phenoxy) is 4. The highest BCUT2D eigenvalue weighted by Crippen LogP contribution is 2.41. The van der Waals surface area contributed by atoms with E-state index in [0.717, 1.165) is 34.4 Å². The van der Waals surface area contributed by atoms with Crippen molar-refractivity contribution in [1.29, 1.82) is 0 Å². The van der Waals surface area contributed by atoms with E-state index in [2.05, 4.69) is 15.6 Å². The lowest BCUT2D eigenvalue weighted by molar-refractivity contribution is -0.189. The first-order chi connectivity index (χ1) is 28.2. The summed E-state index contributed by atoms with van der Waals surface area (Å²) in [6, 6.07) is 15.4. The number of benzene rings is 1. The highest BCUT2D eigenvalue weighted by molar-refractivity contribution is 7.99. The smallest absolute Gasteiger partial charge is 0.355 e. The molecule has 0 aliphatic carbocycles. The highest BCUT2D eigenvalue weighted by Gasteiger charge is 2.50. The number of carbonyl (C=O) groups excluding carboxylic acids is 4. The first kappa shape index (κ1) is 43.5. The van der Waals surface area contributed by atoms with Crippen LogP contribution in [0.2, 0.25) is 0 Å². The fourth-order valence-corrected chi connectivity index (χ4v) is 8.02. The van der Waals surface area contributed by atoms with E-state index < -0.39 is 41.2 Å². The third kappa shape index (κ3) is 10.7. The molecule has 1 aromatic carbocycles. The number of carbonyl (C=O) groups is 4. The van der Waals surface area contributed by atoms with Gasteiger partial charge in [0.15, 0.2) is 0 Å². The second-order valence-electron chi connectivity index (χ2n) is 16.0. The van der Waals surface area contributed by atoms with Crippen molar-refractivity contribution in [1.82, 2.24) is 25.2 Å². The lowest BCUT2D eigenvalue weighted by Crippen LogP contribution is -2.49. The van der Waals surface area contributed by atoms with Gasteiger partial charge in [-0.15, -0.1) is 0 Å². The monoisotopic (exact) mass is 827 g/mol. The Morgan fingerprint density at radius 1 is 0.949 bits per heavy atom. The van der Waals surface area contributed by atoms with Crippen LogP contribution in [0.25, 0.3) is 22.3 Å². The number of fused-ring (bicyclic) bond motifs is 5. The van der Waals surface area contributed by atoms with Crippen LogP contribution in [0.1, 0.15) is 82.6 Å². The van der Waals surface area contributed by atoms with E-state index in [1.165, 1.54) is 5.56 Å². The zero-order chi connectivity index (χ0) is 42.2. The molecule has 2 aliphatic heterocycles. The van der Waals surface area contributed by atoms with E-state index in [0.29, 0.717) is 50.3 Å². The number of thioether (sulfide) groups is 1. The fraction of sp³-hybridized carbons (Fsp3) is 0.477. The van der Waals surface area contributed by atoms with Crippen LogP contribution < -0.4 is 16.2 Å². The molecule has 5 heterocycles. The van der Waals surface area contributed by atoms with Crippen molar-refractivity contribution >= 4 is 46.4 Å². The Kier molecular flexibility index (Phi) is 13.9. The van der Waals surface area contributed by atoms with Gasteiger partial charge in [-0.25, -0.2) is 9.78 Å². The summed E-state index contributed by atoms with van der Waals surface area (Å²) in [5.74, 6) is -0.495. The minimum atomic E-state index is -1.89. The Labute approximate surface area is 348 Å². The molecule has 59 heavy (non-hydrogen) atoms. The molecular weight excluding hydrogens is 775 g/mol. The molecule has 314 valence electrons. The van der Waals surface area contributed by atoms with Crippen molar-refractivity contribution in [3.8, 4) is 11.4 Å². The van der Waals surface area contributed by atoms with Crippen molar-refractivity contribution in [2.75, 3.05) is 37.8 Å². The van der Waals surface area contributed by atoms with Crippen LogP contribution in [-0.4, -0.2) is 87.3 Å². The summed E-state index contributed by atoms with van der Waals surface area (Å²) < 4.78 is 24.8. The molecule has 1 atom stereocenters. The predicted molar refractivity (Wildman–Crippen MR) is 224 cm³/mol. The van der Waals surface area contributed by atoms with Gasteiger partial charge in [0.05, 0.1) is 46.8 Å². The molecule has 0 bridgehead atoms. The van der Waals surface area contributed by atoms with Gasteiger partial charge in [0.25, 0.3) is 5.56 Å². The molecule has 0 saturated heterocycles. The minimum absolute atomic E-state index is 0.00198. The summed E-state index contributed by atoms with van der Waals surface area (Å²) >= 11 is 1.76. The van der Waals surface area contributed by atoms with Gasteiger partial charge < -0.3 is 34.1 Å². The average molecular weight is 828 g/mol. The van der Waals surface area contributed by atoms with Crippen LogP contribution in [0.3, 0.4) is 0 Å². The quantitative estimate of drug-likeness (QED) is 0.0795. The van der Waals surface area contributed by atoms with Gasteiger partial charge in [0.1, 0.15) is 19.8 Å². The topological polar surface area (TPSA) is 177 Å². The molecule has 0 unspecified atom stereocenters. The third-order valence-corrected chi connectivity index (χ3v) is 11.7. The van der Waals surface area contributed by atoms with Gasteiger partial charge in [-0.1, -0.05) is 25.1 Å². The number of cyclic esters (lactones) is 1. The molecular formula is C44H53N5O9S. The number of rotatable bonds is 20. The summed E-state index contributed by atoms with van der Waals surface area (Å²) in [6.07, 6.45) is 6.09. The standard InChI is InChI=1S/C44H53N5O9S/c1-6-44(33-24-35-39-31(23-30-9-7-8-10-34(30)48-39)26-49(35)40(53)32(33)27-55-41(44)54)58-38(52)25-47-37(51)28-57-43(4,5)16-20-56-42(2,3)15-19-46-36(50)14-22-59-21-13-29-11-17-45-18-12-29/h7-12,17-18,23-24H,6,13-16,19-22,25-28H2,1-5H3,(H,46,50)(H,47,51)/t44-/m0/s1. The van der Waals surface area contributed by atoms with Gasteiger partial charge in [0, 0.05) is 47.6 Å². The molecule has 0 spiro atoms. The molecule has 3 aromatic heterocycles. The summed E-state index contributed by atoms with van der Waals surface area (Å²) in [6.45, 7) is 9.33. The van der Waals surface area contributed by atoms with E-state index in [-0.39, 0.29) is 42.2 Å². The molecule has 6 rings (SSSR count). The Bertz CT molecular complexity index is 2240. The summed E-state index contributed by atoms with van der Waals surface area (Å²) in [7, 11) is 0. The zero-order valence-electron chi connectivity index (χ0n) is 34.4. The Balaban J connectivity index is 0.929. The van der Waals surface area contributed by atoms with Crippen molar-refractivity contribution in [2.45, 2.75) is 96.7 Å². The maximum Gasteiger partial charge on any atom is 0.355 e. The lowest BCUT2D eigenvalue weighted by atomic mass is 9.85. The Morgan fingerprint density at radius 2 is 1.71 bits per heavy atom. The second-order valence-corrected chi connectivity index (χ2v) is 17.2. The number of nitrogens with one attached hydrogen (secondary N) is 2. The largest absolute Gasteiger partial charge is 0.457 e. The first-order valence-electron chi connectivity index (χ1n) is 20.0. The average Bonchev–Trinajstić information content (AvgIpc) is 3.57. The SMILES string of the molecule is CC[C@@]1(OC(=O)CNC(=O)COC(C)(C)CCOC(C)(C)CCNC(=O)CCSCCc2ccncc2)C(=O)OCc2c1cc1n(c2=O)Cc2cc3ccccc3nc2-1. The number of hydrogen-bond acceptors (Lipinski definition) is 12. The highest BCUT2D eigenvalue weighted by atomic mass is 32.2. The van der Waals surface area contributed by atoms with Crippen molar-refractivity contribution in [3.05, 3.63) is 93.5 Å². The van der Waals surface area contributed by atoms with E-state index in [1.54, 1.807) is 41.7 Å². The summed E-state index contributed by atoms with van der Waals surface area (Å²) in [4.78, 5) is 74.4. The summed E-state index contributed by atoms with van der Waals surface area (Å²) in [5, 5.41) is 6.44. The summed E-state index contributed by atoms with van der Waals surface area (Å²) in [5.41, 5.74) is 1.05. The molecule has 2 N–H and O–H groups in total. The molecule has 2 amide bonds. The molecule has 0 saturated carbocycles. The number of pyridine rings is 3. The molecule has 15 heteroatoms. The van der Waals surface area contributed by atoms with Crippen LogP contribution in [0.5, 0.6) is 0 Å². The van der Waals surface area contributed by atoms with Crippen LogP contribution in [0.15, 0.2) is 65.7 Å². The number of para-hydroxylation sites is 1. The number of esters is 2. The van der Waals surface area contributed by atoms with Crippen molar-refractivity contribution in [2.24, 2.45) is 0 Å². The van der Waals surface area contributed by atoms with Crippen molar-refractivity contribution < 1.29 is 38.1 Å². The molecule has 4 aromatic rings. The Hall–Kier alpha value is -5.12. The van der Waals surface area contributed by atoms with E-state index >= 15 is 0 Å². The van der Waals surface area contributed by atoms with Crippen LogP contribution >= 0.6 is 11.8 Å². The number of amides is 2. The van der Waals surface area contributed by atoms with Crippen molar-refractivity contribution in [3.63, 3.8) is 0 Å². The Morgan fingerprint density at radius 3 is 2.49 bits per heavy atom. The van der Waals surface area contributed by atoms with Crippen LogP contribution in [-0.2, 0) is 63.3 Å². The normalized spacial score (nSPS) is 15.8. The fourth-order valence-electron chi connectivity index (χ4n) is 7.11. The number of nitrogens with zero attached hydrogens (tertiary/aromatic N) is 3. The molecule has 14 nitrogen and oxygen atoms in total. The number of hydrogen-bond donors (Lipinski definition) is 2. The minimum Gasteiger partial charge on any atom is -0.457 e. The maximum atomic E-state index is 13.8. The van der Waals surface area contributed by atoms with E-state index in [9.17, 15) is 24.0 Å². The number of aromatic nitrogens is 3. The molecule has 2 aliphatic rings. The molecule has 0 radical (unpaired) electrons. The maximum absolute atomic E-state index is 13.8. The van der Waals surface area contributed by atoms with E-state index in [1.807, 2.05) is 70.2 Å². The second kappa shape index (κ2) is 18.9. The molecule has 0 fully saturated rings. The van der Waals surface area contributed by atoms with Gasteiger partial charge in [0.2, 0.25) is 17.4 Å². The van der Waals surface area contributed by atoms with Gasteiger partial charge >= 0.3 is 11.9 Å².